The van der Waals surface area contributed by atoms with Crippen LogP contribution in [0.25, 0.3) is 11.5 Å². The van der Waals surface area contributed by atoms with Crippen molar-refractivity contribution in [2.24, 2.45) is 9.98 Å². The molecule has 3 aromatic carbocycles. The maximum Gasteiger partial charge on any atom is 0.317 e. The van der Waals surface area contributed by atoms with Gasteiger partial charge in [-0.25, -0.2) is 4.99 Å². The fourth-order valence-electron chi connectivity index (χ4n) is 4.06. The molecule has 0 saturated carbocycles. The molecule has 8 nitrogen and oxygen atoms in total. The Bertz CT molecular complexity index is 1460. The van der Waals surface area contributed by atoms with E-state index in [0.717, 1.165) is 22.3 Å². The predicted octanol–water partition coefficient (Wildman–Crippen LogP) is 4.65. The van der Waals surface area contributed by atoms with Crippen molar-refractivity contribution in [3.8, 4) is 11.5 Å². The maximum atomic E-state index is 13.0. The third kappa shape index (κ3) is 4.13. The van der Waals surface area contributed by atoms with Gasteiger partial charge in [-0.2, -0.15) is 0 Å². The van der Waals surface area contributed by atoms with Gasteiger partial charge in [-0.3, -0.25) is 9.79 Å². The van der Waals surface area contributed by atoms with Crippen LogP contribution in [0.4, 0.5) is 11.7 Å². The number of nitrogens with one attached hydrogen (secondary N) is 2. The van der Waals surface area contributed by atoms with Crippen molar-refractivity contribution in [1.29, 1.82) is 0 Å². The quantitative estimate of drug-likeness (QED) is 0.451. The Morgan fingerprint density at radius 2 is 1.66 bits per heavy atom. The lowest BCUT2D eigenvalue weighted by Crippen LogP contribution is -2.32. The number of anilines is 2. The van der Waals surface area contributed by atoms with Crippen LogP contribution in [0.5, 0.6) is 0 Å². The minimum Gasteiger partial charge on any atom is -0.403 e. The van der Waals surface area contributed by atoms with Crippen molar-refractivity contribution in [3.05, 3.63) is 108 Å². The zero-order chi connectivity index (χ0) is 23.6. The first-order valence-electron chi connectivity index (χ1n) is 11.2. The van der Waals surface area contributed by atoms with E-state index in [4.69, 9.17) is 9.41 Å². The molecule has 2 N–H and O–H groups in total. The molecular weight excluding hydrogens is 440 g/mol. The number of para-hydroxylation sites is 1. The normalized spacial score (nSPS) is 18.5. The van der Waals surface area contributed by atoms with Crippen molar-refractivity contribution < 1.29 is 9.21 Å². The van der Waals surface area contributed by atoms with Crippen LogP contribution in [0.2, 0.25) is 0 Å². The minimum atomic E-state index is -0.958. The summed E-state index contributed by atoms with van der Waals surface area (Å²) in [4.78, 5) is 22.1. The Morgan fingerprint density at radius 3 is 2.46 bits per heavy atom. The van der Waals surface area contributed by atoms with Crippen molar-refractivity contribution in [3.63, 3.8) is 0 Å². The van der Waals surface area contributed by atoms with Gasteiger partial charge in [0.05, 0.1) is 17.4 Å². The van der Waals surface area contributed by atoms with Gasteiger partial charge < -0.3 is 15.1 Å². The molecule has 0 aliphatic carbocycles. The monoisotopic (exact) mass is 460 g/mol. The van der Waals surface area contributed by atoms with Gasteiger partial charge in [0.1, 0.15) is 0 Å². The topological polar surface area (TPSA) is 105 Å². The van der Waals surface area contributed by atoms with E-state index >= 15 is 0 Å². The molecule has 8 heteroatoms. The average molecular weight is 460 g/mol. The molecule has 4 aromatic rings. The number of nitrogens with zero attached hydrogens (tertiary/aromatic N) is 4. The van der Waals surface area contributed by atoms with Crippen LogP contribution in [0.3, 0.4) is 0 Å². The van der Waals surface area contributed by atoms with E-state index in [1.54, 1.807) is 6.21 Å². The molecule has 0 saturated heterocycles. The highest BCUT2D eigenvalue weighted by atomic mass is 16.4. The first kappa shape index (κ1) is 20.7. The molecule has 0 spiro atoms. The van der Waals surface area contributed by atoms with E-state index in [0.29, 0.717) is 17.3 Å². The Balaban J connectivity index is 1.28. The molecule has 0 bridgehead atoms. The van der Waals surface area contributed by atoms with Crippen LogP contribution in [0, 0.1) is 0 Å². The molecule has 170 valence electrons. The molecule has 2 unspecified atom stereocenters. The molecule has 2 aliphatic rings. The highest BCUT2D eigenvalue weighted by Crippen LogP contribution is 2.27. The fraction of sp³-hybridized carbons (Fsp3) is 0.0741. The second-order valence-electron chi connectivity index (χ2n) is 8.09. The highest BCUT2D eigenvalue weighted by Gasteiger charge is 2.27. The smallest absolute Gasteiger partial charge is 0.317 e. The third-order valence-corrected chi connectivity index (χ3v) is 5.80. The second kappa shape index (κ2) is 8.83. The fourth-order valence-corrected chi connectivity index (χ4v) is 4.06. The lowest BCUT2D eigenvalue weighted by Gasteiger charge is -2.11. The molecule has 35 heavy (non-hydrogen) atoms. The number of rotatable bonds is 5. The number of carbonyl (C=O) groups excluding carboxylic acids is 1. The van der Waals surface area contributed by atoms with Crippen molar-refractivity contribution in [2.45, 2.75) is 12.2 Å². The number of aromatic nitrogens is 2. The average Bonchev–Trinajstić information content (AvgIpc) is 3.58. The first-order chi connectivity index (χ1) is 17.2. The summed E-state index contributed by atoms with van der Waals surface area (Å²) in [7, 11) is 0. The van der Waals surface area contributed by atoms with Gasteiger partial charge in [-0.15, -0.1) is 5.10 Å². The van der Waals surface area contributed by atoms with E-state index in [9.17, 15) is 4.79 Å². The number of fused-ring (bicyclic) bond motifs is 1. The third-order valence-electron chi connectivity index (χ3n) is 5.80. The number of amides is 1. The van der Waals surface area contributed by atoms with Gasteiger partial charge in [-0.05, 0) is 29.8 Å². The van der Waals surface area contributed by atoms with Crippen LogP contribution in [-0.2, 0) is 4.79 Å². The number of carbonyl (C=O) groups is 1. The maximum absolute atomic E-state index is 13.0. The van der Waals surface area contributed by atoms with Gasteiger partial charge in [0.15, 0.2) is 0 Å². The largest absolute Gasteiger partial charge is 0.403 e. The summed E-state index contributed by atoms with van der Waals surface area (Å²) in [5.74, 6) is 0.0201. The molecule has 2 aliphatic heterocycles. The van der Waals surface area contributed by atoms with Crippen LogP contribution in [0.1, 0.15) is 22.7 Å². The van der Waals surface area contributed by atoms with E-state index in [2.05, 4.69) is 25.8 Å². The summed E-state index contributed by atoms with van der Waals surface area (Å²) < 4.78 is 5.82. The lowest BCUT2D eigenvalue weighted by molar-refractivity contribution is -0.116. The van der Waals surface area contributed by atoms with Crippen LogP contribution >= 0.6 is 0 Å². The zero-order valence-corrected chi connectivity index (χ0v) is 18.5. The minimum absolute atomic E-state index is 0.0403. The Labute approximate surface area is 201 Å². The SMILES string of the molecule is O=C1Nc2ccccc2C(c2ccccc2)=NC1Nc1nnc(-c2ccc(C3C=CC=N3)cc2)o1. The summed E-state index contributed by atoms with van der Waals surface area (Å²) in [6.07, 6.45) is 4.80. The van der Waals surface area contributed by atoms with Gasteiger partial charge in [0, 0.05) is 22.9 Å². The summed E-state index contributed by atoms with van der Waals surface area (Å²) >= 11 is 0. The molecule has 0 radical (unpaired) electrons. The molecule has 0 fully saturated rings. The Morgan fingerprint density at radius 1 is 0.857 bits per heavy atom. The highest BCUT2D eigenvalue weighted by molar-refractivity contribution is 6.19. The zero-order valence-electron chi connectivity index (χ0n) is 18.5. The van der Waals surface area contributed by atoms with Gasteiger partial charge in [-0.1, -0.05) is 71.8 Å². The number of aliphatic imine (C=N–C) groups is 2. The number of hydrogen-bond acceptors (Lipinski definition) is 7. The molecular formula is C27H20N6O2. The molecule has 3 heterocycles. The summed E-state index contributed by atoms with van der Waals surface area (Å²) in [5, 5.41) is 14.2. The molecule has 2 atom stereocenters. The van der Waals surface area contributed by atoms with Crippen molar-refractivity contribution in [2.75, 3.05) is 10.6 Å². The van der Waals surface area contributed by atoms with Crippen LogP contribution in [-0.4, -0.2) is 34.2 Å². The molecule has 1 aromatic heterocycles. The Kier molecular flexibility index (Phi) is 5.23. The lowest BCUT2D eigenvalue weighted by atomic mass is 10.0. The molecule has 6 rings (SSSR count). The van der Waals surface area contributed by atoms with Crippen LogP contribution < -0.4 is 10.6 Å². The first-order valence-corrected chi connectivity index (χ1v) is 11.2. The number of benzodiazepines with no additional fused rings is 1. The van der Waals surface area contributed by atoms with E-state index < -0.39 is 6.17 Å². The number of allylic oxidation sites excluding steroid dienone is 1. The summed E-state index contributed by atoms with van der Waals surface area (Å²) in [5.41, 5.74) is 4.97. The van der Waals surface area contributed by atoms with E-state index in [-0.39, 0.29) is 18.0 Å². The van der Waals surface area contributed by atoms with E-state index in [1.165, 1.54) is 0 Å². The van der Waals surface area contributed by atoms with Crippen molar-refractivity contribution >= 4 is 29.5 Å². The summed E-state index contributed by atoms with van der Waals surface area (Å²) in [6, 6.07) is 25.3. The second-order valence-corrected chi connectivity index (χ2v) is 8.09. The number of hydrogen-bond donors (Lipinski definition) is 2. The summed E-state index contributed by atoms with van der Waals surface area (Å²) in [6.45, 7) is 0. The van der Waals surface area contributed by atoms with Gasteiger partial charge in [0.25, 0.3) is 5.91 Å². The van der Waals surface area contributed by atoms with Crippen molar-refractivity contribution in [1.82, 2.24) is 10.2 Å². The standard InChI is InChI=1S/C27H20N6O2/c34-25-24(30-23(18-7-2-1-3-8-18)20-9-4-5-10-22(20)29-25)31-27-33-32-26(35-27)19-14-12-17(13-15-19)21-11-6-16-28-21/h1-16,21,24H,(H,29,34)(H,31,33). The molecule has 1 amide bonds. The van der Waals surface area contributed by atoms with Crippen LogP contribution in [0.15, 0.2) is 105 Å². The van der Waals surface area contributed by atoms with Gasteiger partial charge in [0.2, 0.25) is 12.1 Å². The Hall–Kier alpha value is -4.85. The number of benzene rings is 3. The van der Waals surface area contributed by atoms with Gasteiger partial charge >= 0.3 is 6.01 Å². The van der Waals surface area contributed by atoms with E-state index in [1.807, 2.05) is 91.0 Å². The predicted molar refractivity (Wildman–Crippen MR) is 135 cm³/mol.